The minimum atomic E-state index is 0.206. The van der Waals surface area contributed by atoms with E-state index in [0.29, 0.717) is 11.7 Å². The highest BCUT2D eigenvalue weighted by atomic mass is 16.1. The normalized spacial score (nSPS) is 30.0. The minimum absolute atomic E-state index is 0.206. The molecular formula is C11H14O. The summed E-state index contributed by atoms with van der Waals surface area (Å²) in [5.41, 5.74) is 0. The van der Waals surface area contributed by atoms with E-state index in [2.05, 4.69) is 6.08 Å². The first kappa shape index (κ1) is 7.78. The zero-order chi connectivity index (χ0) is 8.39. The van der Waals surface area contributed by atoms with Gasteiger partial charge < -0.3 is 0 Å². The Labute approximate surface area is 73.2 Å². The van der Waals surface area contributed by atoms with E-state index in [-0.39, 0.29) is 5.92 Å². The number of hydrogen-bond donors (Lipinski definition) is 0. The fraction of sp³-hybridized carbons (Fsp3) is 0.545. The highest BCUT2D eigenvalue weighted by molar-refractivity contribution is 5.94. The second kappa shape index (κ2) is 3.26. The molecule has 1 heteroatoms. The van der Waals surface area contributed by atoms with Crippen LogP contribution < -0.4 is 0 Å². The van der Waals surface area contributed by atoms with Crippen molar-refractivity contribution in [3.8, 4) is 0 Å². The van der Waals surface area contributed by atoms with Gasteiger partial charge in [0.1, 0.15) is 0 Å². The van der Waals surface area contributed by atoms with E-state index in [1.54, 1.807) is 6.08 Å². The molecule has 1 saturated carbocycles. The van der Waals surface area contributed by atoms with Crippen LogP contribution in [0, 0.1) is 11.8 Å². The Bertz CT molecular complexity index is 231. The van der Waals surface area contributed by atoms with Crippen LogP contribution in [0.1, 0.15) is 25.7 Å². The molecule has 0 aromatic rings. The first-order valence-corrected chi connectivity index (χ1v) is 4.76. The third-order valence-electron chi connectivity index (χ3n) is 2.93. The second-order valence-electron chi connectivity index (χ2n) is 3.72. The van der Waals surface area contributed by atoms with Crippen molar-refractivity contribution in [2.45, 2.75) is 25.7 Å². The van der Waals surface area contributed by atoms with E-state index in [9.17, 15) is 4.79 Å². The van der Waals surface area contributed by atoms with Gasteiger partial charge in [-0.1, -0.05) is 31.1 Å². The van der Waals surface area contributed by atoms with E-state index in [1.165, 1.54) is 25.7 Å². The molecule has 2 aliphatic rings. The topological polar surface area (TPSA) is 17.1 Å². The van der Waals surface area contributed by atoms with Crippen LogP contribution in [0.4, 0.5) is 0 Å². The molecule has 0 aromatic carbocycles. The van der Waals surface area contributed by atoms with Crippen LogP contribution in [0.3, 0.4) is 0 Å². The molecular weight excluding hydrogens is 148 g/mol. The van der Waals surface area contributed by atoms with E-state index in [4.69, 9.17) is 0 Å². The first-order valence-electron chi connectivity index (χ1n) is 4.76. The molecule has 1 atom stereocenters. The summed E-state index contributed by atoms with van der Waals surface area (Å²) < 4.78 is 0. The fourth-order valence-electron chi connectivity index (χ4n) is 2.25. The lowest BCUT2D eigenvalue weighted by Crippen LogP contribution is -2.19. The zero-order valence-corrected chi connectivity index (χ0v) is 7.20. The van der Waals surface area contributed by atoms with Gasteiger partial charge in [-0.05, 0) is 24.8 Å². The van der Waals surface area contributed by atoms with Gasteiger partial charge in [0, 0.05) is 5.92 Å². The minimum Gasteiger partial charge on any atom is -0.294 e. The molecule has 0 heterocycles. The summed E-state index contributed by atoms with van der Waals surface area (Å²) in [6.07, 6.45) is 12.7. The maximum absolute atomic E-state index is 11.4. The van der Waals surface area contributed by atoms with Gasteiger partial charge >= 0.3 is 0 Å². The maximum atomic E-state index is 11.4. The summed E-state index contributed by atoms with van der Waals surface area (Å²) in [6, 6.07) is 0. The predicted octanol–water partition coefficient (Wildman–Crippen LogP) is 2.49. The number of rotatable bonds is 1. The van der Waals surface area contributed by atoms with Gasteiger partial charge in [0.2, 0.25) is 0 Å². The second-order valence-corrected chi connectivity index (χ2v) is 3.72. The van der Waals surface area contributed by atoms with Crippen molar-refractivity contribution in [2.75, 3.05) is 0 Å². The third-order valence-corrected chi connectivity index (χ3v) is 2.93. The SMILES string of the molecule is O=C1C=CC=CC1C1CCCC1. The van der Waals surface area contributed by atoms with Crippen molar-refractivity contribution in [1.29, 1.82) is 0 Å². The smallest absolute Gasteiger partial charge is 0.162 e. The summed E-state index contributed by atoms with van der Waals surface area (Å²) in [7, 11) is 0. The lowest BCUT2D eigenvalue weighted by molar-refractivity contribution is -0.118. The van der Waals surface area contributed by atoms with Gasteiger partial charge in [-0.3, -0.25) is 4.79 Å². The molecule has 1 fully saturated rings. The van der Waals surface area contributed by atoms with Crippen LogP contribution in [-0.2, 0) is 4.79 Å². The Morgan fingerprint density at radius 2 is 1.92 bits per heavy atom. The lowest BCUT2D eigenvalue weighted by atomic mass is 9.85. The summed E-state index contributed by atoms with van der Waals surface area (Å²) in [6.45, 7) is 0. The molecule has 0 bridgehead atoms. The van der Waals surface area contributed by atoms with Gasteiger partial charge in [0.05, 0.1) is 0 Å². The summed E-state index contributed by atoms with van der Waals surface area (Å²) in [5.74, 6) is 1.15. The highest BCUT2D eigenvalue weighted by Crippen LogP contribution is 2.33. The van der Waals surface area contributed by atoms with Crippen molar-refractivity contribution in [3.05, 3.63) is 24.3 Å². The summed E-state index contributed by atoms with van der Waals surface area (Å²) >= 11 is 0. The Morgan fingerprint density at radius 1 is 1.17 bits per heavy atom. The van der Waals surface area contributed by atoms with Crippen molar-refractivity contribution in [2.24, 2.45) is 11.8 Å². The monoisotopic (exact) mass is 162 g/mol. The average Bonchev–Trinajstić information content (AvgIpc) is 2.57. The third kappa shape index (κ3) is 1.36. The number of carbonyl (C=O) groups is 1. The first-order chi connectivity index (χ1) is 5.88. The van der Waals surface area contributed by atoms with Crippen molar-refractivity contribution >= 4 is 5.78 Å². The van der Waals surface area contributed by atoms with E-state index in [0.717, 1.165) is 0 Å². The fourth-order valence-corrected chi connectivity index (χ4v) is 2.25. The maximum Gasteiger partial charge on any atom is 0.162 e. The lowest BCUT2D eigenvalue weighted by Gasteiger charge is -2.18. The van der Waals surface area contributed by atoms with E-state index >= 15 is 0 Å². The molecule has 2 rings (SSSR count). The van der Waals surface area contributed by atoms with E-state index < -0.39 is 0 Å². The van der Waals surface area contributed by atoms with Crippen molar-refractivity contribution < 1.29 is 4.79 Å². The molecule has 0 aromatic heterocycles. The molecule has 0 N–H and O–H groups in total. The molecule has 0 spiro atoms. The van der Waals surface area contributed by atoms with Crippen LogP contribution in [0.25, 0.3) is 0 Å². The molecule has 0 radical (unpaired) electrons. The number of allylic oxidation sites excluding steroid dienone is 4. The Kier molecular flexibility index (Phi) is 2.11. The number of ketones is 1. The Hall–Kier alpha value is -0.850. The van der Waals surface area contributed by atoms with Crippen LogP contribution in [-0.4, -0.2) is 5.78 Å². The standard InChI is InChI=1S/C11H14O/c12-11-8-4-3-7-10(11)9-5-1-2-6-9/h3-4,7-10H,1-2,5-6H2. The van der Waals surface area contributed by atoms with Gasteiger partial charge in [0.25, 0.3) is 0 Å². The van der Waals surface area contributed by atoms with Gasteiger partial charge in [0.15, 0.2) is 5.78 Å². The molecule has 0 amide bonds. The van der Waals surface area contributed by atoms with Gasteiger partial charge in [-0.15, -0.1) is 0 Å². The summed E-state index contributed by atoms with van der Waals surface area (Å²) in [4.78, 5) is 11.4. The van der Waals surface area contributed by atoms with Crippen LogP contribution >= 0.6 is 0 Å². The van der Waals surface area contributed by atoms with Gasteiger partial charge in [-0.2, -0.15) is 0 Å². The highest BCUT2D eigenvalue weighted by Gasteiger charge is 2.27. The largest absolute Gasteiger partial charge is 0.294 e. The van der Waals surface area contributed by atoms with Gasteiger partial charge in [-0.25, -0.2) is 0 Å². The molecule has 1 nitrogen and oxygen atoms in total. The average molecular weight is 162 g/mol. The predicted molar refractivity (Wildman–Crippen MR) is 48.7 cm³/mol. The van der Waals surface area contributed by atoms with Crippen LogP contribution in [0.2, 0.25) is 0 Å². The van der Waals surface area contributed by atoms with Crippen molar-refractivity contribution in [3.63, 3.8) is 0 Å². The molecule has 1 unspecified atom stereocenters. The molecule has 64 valence electrons. The summed E-state index contributed by atoms with van der Waals surface area (Å²) in [5, 5.41) is 0. The Morgan fingerprint density at radius 3 is 2.58 bits per heavy atom. The number of carbonyl (C=O) groups excluding carboxylic acids is 1. The molecule has 0 saturated heterocycles. The van der Waals surface area contributed by atoms with Crippen LogP contribution in [0.15, 0.2) is 24.3 Å². The Balaban J connectivity index is 2.07. The molecule has 0 aliphatic heterocycles. The molecule has 2 aliphatic carbocycles. The zero-order valence-electron chi connectivity index (χ0n) is 7.20. The van der Waals surface area contributed by atoms with Crippen LogP contribution in [0.5, 0.6) is 0 Å². The van der Waals surface area contributed by atoms with E-state index in [1.807, 2.05) is 12.2 Å². The molecule has 12 heavy (non-hydrogen) atoms. The van der Waals surface area contributed by atoms with Crippen molar-refractivity contribution in [1.82, 2.24) is 0 Å². The number of hydrogen-bond acceptors (Lipinski definition) is 1. The quantitative estimate of drug-likeness (QED) is 0.579.